The predicted molar refractivity (Wildman–Crippen MR) is 120 cm³/mol. The van der Waals surface area contributed by atoms with E-state index in [9.17, 15) is 4.79 Å². The van der Waals surface area contributed by atoms with Crippen LogP contribution >= 0.6 is 11.3 Å². The second-order valence-electron chi connectivity index (χ2n) is 9.09. The van der Waals surface area contributed by atoms with Crippen LogP contribution in [0.25, 0.3) is 5.69 Å². The number of aromatic nitrogens is 5. The Morgan fingerprint density at radius 1 is 1.19 bits per heavy atom. The fourth-order valence-corrected chi connectivity index (χ4v) is 4.36. The Balaban J connectivity index is 1.24. The average molecular weight is 457 g/mol. The molecule has 1 aliphatic heterocycles. The van der Waals surface area contributed by atoms with Gasteiger partial charge in [-0.2, -0.15) is 0 Å². The van der Waals surface area contributed by atoms with Crippen molar-refractivity contribution in [3.05, 3.63) is 46.7 Å². The van der Waals surface area contributed by atoms with E-state index in [2.05, 4.69) is 41.7 Å². The molecular weight excluding hydrogens is 428 g/mol. The van der Waals surface area contributed by atoms with E-state index in [4.69, 9.17) is 14.5 Å². The monoisotopic (exact) mass is 456 g/mol. The Labute approximate surface area is 191 Å². The van der Waals surface area contributed by atoms with Gasteiger partial charge >= 0.3 is 6.09 Å². The minimum atomic E-state index is -0.210. The topological polar surface area (TPSA) is 95.3 Å². The van der Waals surface area contributed by atoms with Crippen LogP contribution in [0.5, 0.6) is 5.75 Å². The number of likely N-dealkylation sites (tertiary alicyclic amines) is 1. The van der Waals surface area contributed by atoms with Gasteiger partial charge in [0, 0.05) is 24.4 Å². The lowest BCUT2D eigenvalue weighted by Gasteiger charge is -2.31. The summed E-state index contributed by atoms with van der Waals surface area (Å²) >= 11 is 1.66. The van der Waals surface area contributed by atoms with Crippen molar-refractivity contribution in [1.82, 2.24) is 30.1 Å². The zero-order valence-electron chi connectivity index (χ0n) is 18.6. The van der Waals surface area contributed by atoms with Gasteiger partial charge in [-0.1, -0.05) is 20.8 Å². The van der Waals surface area contributed by atoms with Gasteiger partial charge in [0.2, 0.25) is 0 Å². The Morgan fingerprint density at radius 2 is 1.94 bits per heavy atom. The Hall–Kier alpha value is -3.01. The van der Waals surface area contributed by atoms with Crippen LogP contribution in [0.1, 0.15) is 50.2 Å². The molecule has 0 spiro atoms. The van der Waals surface area contributed by atoms with Gasteiger partial charge < -0.3 is 14.4 Å². The lowest BCUT2D eigenvalue weighted by atomic mass is 9.97. The minimum Gasteiger partial charge on any atom is -0.487 e. The average Bonchev–Trinajstić information content (AvgIpc) is 3.48. The zero-order chi connectivity index (χ0) is 22.6. The maximum Gasteiger partial charge on any atom is 0.409 e. The highest BCUT2D eigenvalue weighted by Gasteiger charge is 2.27. The SMILES string of the molecule is CC(C)(C)COC(=O)N1CCC(c2nc(COc3ccc(-n4cnnn4)cc3)cs2)CC1. The van der Waals surface area contributed by atoms with Crippen LogP contribution in [0.3, 0.4) is 0 Å². The van der Waals surface area contributed by atoms with Crippen molar-refractivity contribution in [1.29, 1.82) is 0 Å². The van der Waals surface area contributed by atoms with Gasteiger partial charge in [-0.3, -0.25) is 0 Å². The number of amides is 1. The van der Waals surface area contributed by atoms with E-state index in [-0.39, 0.29) is 11.5 Å². The highest BCUT2D eigenvalue weighted by Crippen LogP contribution is 2.31. The van der Waals surface area contributed by atoms with Gasteiger partial charge in [-0.25, -0.2) is 14.5 Å². The van der Waals surface area contributed by atoms with Crippen molar-refractivity contribution in [3.63, 3.8) is 0 Å². The molecule has 4 rings (SSSR count). The summed E-state index contributed by atoms with van der Waals surface area (Å²) in [5, 5.41) is 14.3. The lowest BCUT2D eigenvalue weighted by molar-refractivity contribution is 0.0654. The highest BCUT2D eigenvalue weighted by atomic mass is 32.1. The molecule has 1 amide bonds. The molecule has 2 aromatic heterocycles. The highest BCUT2D eigenvalue weighted by molar-refractivity contribution is 7.09. The van der Waals surface area contributed by atoms with Crippen molar-refractivity contribution in [2.45, 2.75) is 46.1 Å². The molecule has 0 bridgehead atoms. The number of hydrogen-bond donors (Lipinski definition) is 0. The second-order valence-corrected chi connectivity index (χ2v) is 9.98. The first-order valence-corrected chi connectivity index (χ1v) is 11.6. The summed E-state index contributed by atoms with van der Waals surface area (Å²) in [6, 6.07) is 7.58. The van der Waals surface area contributed by atoms with Crippen LogP contribution < -0.4 is 4.74 Å². The van der Waals surface area contributed by atoms with Crippen LogP contribution in [-0.2, 0) is 11.3 Å². The standard InChI is InChI=1S/C22H28N6O3S/c1-22(2,3)14-31-21(29)27-10-8-16(9-11-27)20-24-17(13-32-20)12-30-19-6-4-18(5-7-19)28-15-23-25-26-28/h4-7,13,15-16H,8-12,14H2,1-3H3. The summed E-state index contributed by atoms with van der Waals surface area (Å²) in [5.74, 6) is 1.13. The molecule has 1 aliphatic rings. The summed E-state index contributed by atoms with van der Waals surface area (Å²) in [7, 11) is 0. The van der Waals surface area contributed by atoms with Crippen LogP contribution in [0.4, 0.5) is 4.79 Å². The van der Waals surface area contributed by atoms with E-state index in [1.54, 1.807) is 27.2 Å². The predicted octanol–water partition coefficient (Wildman–Crippen LogP) is 4.06. The largest absolute Gasteiger partial charge is 0.487 e. The van der Waals surface area contributed by atoms with Gasteiger partial charge in [0.25, 0.3) is 0 Å². The molecule has 10 heteroatoms. The number of piperidine rings is 1. The quantitative estimate of drug-likeness (QED) is 0.552. The molecule has 170 valence electrons. The number of rotatable bonds is 6. The van der Waals surface area contributed by atoms with Crippen molar-refractivity contribution in [2.75, 3.05) is 19.7 Å². The first-order chi connectivity index (χ1) is 15.4. The second kappa shape index (κ2) is 9.64. The van der Waals surface area contributed by atoms with E-state index < -0.39 is 0 Å². The fourth-order valence-electron chi connectivity index (χ4n) is 3.39. The summed E-state index contributed by atoms with van der Waals surface area (Å²) in [6.07, 6.45) is 3.14. The molecule has 1 aromatic carbocycles. The third-order valence-electron chi connectivity index (χ3n) is 5.14. The molecule has 3 aromatic rings. The summed E-state index contributed by atoms with van der Waals surface area (Å²) < 4.78 is 12.9. The number of carbonyl (C=O) groups excluding carboxylic acids is 1. The molecule has 9 nitrogen and oxygen atoms in total. The molecule has 32 heavy (non-hydrogen) atoms. The van der Waals surface area contributed by atoms with Crippen molar-refractivity contribution >= 4 is 17.4 Å². The van der Waals surface area contributed by atoms with Gasteiger partial charge in [0.15, 0.2) is 0 Å². The van der Waals surface area contributed by atoms with E-state index in [1.807, 2.05) is 24.3 Å². The van der Waals surface area contributed by atoms with Crippen LogP contribution in [-0.4, -0.2) is 55.9 Å². The van der Waals surface area contributed by atoms with Crippen molar-refractivity contribution < 1.29 is 14.3 Å². The molecule has 0 radical (unpaired) electrons. The minimum absolute atomic E-state index is 0.0237. The molecule has 0 atom stereocenters. The zero-order valence-corrected chi connectivity index (χ0v) is 19.4. The van der Waals surface area contributed by atoms with Crippen LogP contribution in [0.15, 0.2) is 36.0 Å². The molecule has 0 saturated carbocycles. The lowest BCUT2D eigenvalue weighted by Crippen LogP contribution is -2.39. The van der Waals surface area contributed by atoms with E-state index in [0.29, 0.717) is 32.2 Å². The summed E-state index contributed by atoms with van der Waals surface area (Å²) in [4.78, 5) is 18.8. The maximum atomic E-state index is 12.3. The third kappa shape index (κ3) is 5.82. The fraction of sp³-hybridized carbons (Fsp3) is 0.500. The van der Waals surface area contributed by atoms with Crippen LogP contribution in [0, 0.1) is 5.41 Å². The van der Waals surface area contributed by atoms with E-state index in [0.717, 1.165) is 35.0 Å². The van der Waals surface area contributed by atoms with Crippen LogP contribution in [0.2, 0.25) is 0 Å². The Bertz CT molecular complexity index is 1010. The molecule has 3 heterocycles. The normalized spacial score (nSPS) is 15.0. The molecule has 1 saturated heterocycles. The van der Waals surface area contributed by atoms with Gasteiger partial charge in [-0.05, 0) is 52.9 Å². The van der Waals surface area contributed by atoms with E-state index >= 15 is 0 Å². The smallest absolute Gasteiger partial charge is 0.409 e. The number of benzene rings is 1. The maximum absolute atomic E-state index is 12.3. The summed E-state index contributed by atoms with van der Waals surface area (Å²) in [5.41, 5.74) is 1.76. The first kappa shape index (κ1) is 22.2. The number of hydrogen-bond acceptors (Lipinski definition) is 8. The molecule has 0 N–H and O–H groups in total. The first-order valence-electron chi connectivity index (χ1n) is 10.7. The molecule has 1 fully saturated rings. The number of tetrazole rings is 1. The Morgan fingerprint density at radius 3 is 2.59 bits per heavy atom. The number of nitrogens with zero attached hydrogens (tertiary/aromatic N) is 6. The van der Waals surface area contributed by atoms with Gasteiger partial charge in [-0.15, -0.1) is 16.4 Å². The number of thiazole rings is 1. The Kier molecular flexibility index (Phi) is 6.69. The molecular formula is C22H28N6O3S. The molecule has 0 aliphatic carbocycles. The summed E-state index contributed by atoms with van der Waals surface area (Å²) in [6.45, 7) is 8.42. The van der Waals surface area contributed by atoms with E-state index in [1.165, 1.54) is 0 Å². The number of ether oxygens (including phenoxy) is 2. The van der Waals surface area contributed by atoms with Gasteiger partial charge in [0.05, 0.1) is 23.0 Å². The van der Waals surface area contributed by atoms with Crippen molar-refractivity contribution in [3.8, 4) is 11.4 Å². The molecule has 0 unspecified atom stereocenters. The third-order valence-corrected chi connectivity index (χ3v) is 6.19. The van der Waals surface area contributed by atoms with Crippen molar-refractivity contribution in [2.24, 2.45) is 5.41 Å². The van der Waals surface area contributed by atoms with Gasteiger partial charge in [0.1, 0.15) is 18.7 Å². The number of carbonyl (C=O) groups is 1.